The van der Waals surface area contributed by atoms with Gasteiger partial charge in [-0.1, -0.05) is 30.3 Å². The molecule has 118 valence electrons. The summed E-state index contributed by atoms with van der Waals surface area (Å²) in [6, 6.07) is 13.2. The van der Waals surface area contributed by atoms with E-state index in [1.807, 2.05) is 35.8 Å². The Morgan fingerprint density at radius 3 is 2.61 bits per heavy atom. The fourth-order valence-electron chi connectivity index (χ4n) is 1.83. The second kappa shape index (κ2) is 7.60. The molecule has 0 aromatic heterocycles. The van der Waals surface area contributed by atoms with Crippen molar-refractivity contribution >= 4 is 18.2 Å². The third kappa shape index (κ3) is 4.85. The van der Waals surface area contributed by atoms with Crippen molar-refractivity contribution in [1.29, 1.82) is 0 Å². The lowest BCUT2D eigenvalue weighted by molar-refractivity contribution is 0.0691. The lowest BCUT2D eigenvalue weighted by Crippen LogP contribution is -2.24. The number of nitrogens with two attached hydrogens (primary N) is 1. The average molecular weight is 313 g/mol. The number of benzene rings is 2. The van der Waals surface area contributed by atoms with Gasteiger partial charge >= 0.3 is 12.0 Å². The van der Waals surface area contributed by atoms with Gasteiger partial charge in [-0.05, 0) is 29.3 Å². The van der Waals surface area contributed by atoms with Crippen LogP contribution in [0.15, 0.2) is 53.6 Å². The first-order valence-electron chi connectivity index (χ1n) is 6.69. The number of carboxylic acids is 1. The minimum atomic E-state index is -1.12. The molecule has 7 heteroatoms. The number of carbonyl (C=O) groups excluding carboxylic acids is 1. The Hall–Kier alpha value is -3.35. The number of carboxylic acid groups (broad SMARTS) is 1. The van der Waals surface area contributed by atoms with Gasteiger partial charge < -0.3 is 15.6 Å². The van der Waals surface area contributed by atoms with Crippen LogP contribution in [0.3, 0.4) is 0 Å². The van der Waals surface area contributed by atoms with Gasteiger partial charge in [0.15, 0.2) is 0 Å². The molecule has 0 atom stereocenters. The van der Waals surface area contributed by atoms with Crippen molar-refractivity contribution in [2.24, 2.45) is 10.8 Å². The van der Waals surface area contributed by atoms with Gasteiger partial charge in [0.25, 0.3) is 0 Å². The van der Waals surface area contributed by atoms with E-state index in [4.69, 9.17) is 10.5 Å². The molecule has 2 aromatic carbocycles. The summed E-state index contributed by atoms with van der Waals surface area (Å²) in [7, 11) is 0. The lowest BCUT2D eigenvalue weighted by atomic mass is 10.1. The molecule has 0 radical (unpaired) electrons. The molecule has 0 bridgehead atoms. The van der Waals surface area contributed by atoms with E-state index in [0.717, 1.165) is 5.56 Å². The predicted molar refractivity (Wildman–Crippen MR) is 84.5 cm³/mol. The van der Waals surface area contributed by atoms with Gasteiger partial charge in [-0.2, -0.15) is 5.10 Å². The van der Waals surface area contributed by atoms with Crippen molar-refractivity contribution in [3.63, 3.8) is 0 Å². The Kier molecular flexibility index (Phi) is 5.30. The van der Waals surface area contributed by atoms with Crippen LogP contribution in [0.25, 0.3) is 0 Å². The molecule has 2 aromatic rings. The van der Waals surface area contributed by atoms with E-state index in [2.05, 4.69) is 5.10 Å². The first-order chi connectivity index (χ1) is 11.1. The first kappa shape index (κ1) is 16.0. The molecule has 0 saturated carbocycles. The highest BCUT2D eigenvalue weighted by molar-refractivity contribution is 5.94. The third-order valence-electron chi connectivity index (χ3n) is 2.86. The van der Waals surface area contributed by atoms with E-state index in [0.29, 0.717) is 5.56 Å². The molecule has 0 heterocycles. The summed E-state index contributed by atoms with van der Waals surface area (Å²) in [5, 5.41) is 12.9. The number of hydrazone groups is 1. The Morgan fingerprint density at radius 2 is 1.96 bits per heavy atom. The van der Waals surface area contributed by atoms with Crippen LogP contribution in [-0.2, 0) is 6.61 Å². The van der Waals surface area contributed by atoms with Crippen molar-refractivity contribution in [3.8, 4) is 5.75 Å². The van der Waals surface area contributed by atoms with Gasteiger partial charge in [-0.3, -0.25) is 0 Å². The van der Waals surface area contributed by atoms with Crippen molar-refractivity contribution < 1.29 is 19.4 Å². The van der Waals surface area contributed by atoms with E-state index < -0.39 is 12.0 Å². The summed E-state index contributed by atoms with van der Waals surface area (Å²) in [4.78, 5) is 21.9. The molecule has 23 heavy (non-hydrogen) atoms. The maximum atomic E-state index is 11.4. The van der Waals surface area contributed by atoms with E-state index >= 15 is 0 Å². The minimum Gasteiger partial charge on any atom is -0.488 e. The number of aromatic carboxylic acids is 1. The molecule has 0 spiro atoms. The molecule has 4 N–H and O–H groups in total. The molecular weight excluding hydrogens is 298 g/mol. The van der Waals surface area contributed by atoms with Gasteiger partial charge in [-0.25, -0.2) is 15.0 Å². The van der Waals surface area contributed by atoms with Crippen LogP contribution in [0, 0.1) is 0 Å². The highest BCUT2D eigenvalue weighted by Gasteiger charge is 2.12. The standard InChI is InChI=1S/C16H15N3O4/c17-16(22)19-18-9-12-6-7-14(13(8-12)15(20)21)23-10-11-4-2-1-3-5-11/h1-9H,10H2,(H,20,21)(H3,17,19,22). The zero-order valence-electron chi connectivity index (χ0n) is 12.1. The third-order valence-corrected chi connectivity index (χ3v) is 2.86. The number of urea groups is 1. The SMILES string of the molecule is NC(=O)NN=Cc1ccc(OCc2ccccc2)c(C(=O)O)c1. The predicted octanol–water partition coefficient (Wildman–Crippen LogP) is 1.97. The second-order valence-electron chi connectivity index (χ2n) is 4.57. The summed E-state index contributed by atoms with van der Waals surface area (Å²) in [5.74, 6) is -0.868. The molecule has 7 nitrogen and oxygen atoms in total. The Bertz CT molecular complexity index is 729. The van der Waals surface area contributed by atoms with E-state index in [-0.39, 0.29) is 17.9 Å². The number of hydrogen-bond donors (Lipinski definition) is 3. The largest absolute Gasteiger partial charge is 0.488 e. The number of nitrogens with one attached hydrogen (secondary N) is 1. The fraction of sp³-hybridized carbons (Fsp3) is 0.0625. The van der Waals surface area contributed by atoms with Crippen molar-refractivity contribution in [1.82, 2.24) is 5.43 Å². The number of amides is 2. The Balaban J connectivity index is 2.14. The average Bonchev–Trinajstić information content (AvgIpc) is 2.54. The highest BCUT2D eigenvalue weighted by atomic mass is 16.5. The fourth-order valence-corrected chi connectivity index (χ4v) is 1.83. The van der Waals surface area contributed by atoms with Gasteiger partial charge in [0.1, 0.15) is 17.9 Å². The zero-order chi connectivity index (χ0) is 16.7. The van der Waals surface area contributed by atoms with E-state index in [1.54, 1.807) is 6.07 Å². The molecular formula is C16H15N3O4. The maximum absolute atomic E-state index is 11.4. The number of carbonyl (C=O) groups is 2. The summed E-state index contributed by atoms with van der Waals surface area (Å²) >= 11 is 0. The Labute approximate surface area is 132 Å². The Morgan fingerprint density at radius 1 is 1.22 bits per heavy atom. The van der Waals surface area contributed by atoms with Crippen molar-refractivity contribution in [2.75, 3.05) is 0 Å². The number of ether oxygens (including phenoxy) is 1. The summed E-state index contributed by atoms with van der Waals surface area (Å²) in [6.45, 7) is 0.262. The van der Waals surface area contributed by atoms with Crippen molar-refractivity contribution in [2.45, 2.75) is 6.61 Å². The summed E-state index contributed by atoms with van der Waals surface area (Å²) < 4.78 is 5.57. The lowest BCUT2D eigenvalue weighted by Gasteiger charge is -2.10. The molecule has 0 aliphatic carbocycles. The molecule has 0 saturated heterocycles. The van der Waals surface area contributed by atoms with Crippen LogP contribution < -0.4 is 15.9 Å². The van der Waals surface area contributed by atoms with Gasteiger partial charge in [0.2, 0.25) is 0 Å². The molecule has 2 rings (SSSR count). The highest BCUT2D eigenvalue weighted by Crippen LogP contribution is 2.21. The van der Waals surface area contributed by atoms with Gasteiger partial charge in [0.05, 0.1) is 6.21 Å². The topological polar surface area (TPSA) is 114 Å². The van der Waals surface area contributed by atoms with E-state index in [9.17, 15) is 14.7 Å². The van der Waals surface area contributed by atoms with Crippen LogP contribution in [0.4, 0.5) is 4.79 Å². The van der Waals surface area contributed by atoms with Crippen LogP contribution in [0.1, 0.15) is 21.5 Å². The van der Waals surface area contributed by atoms with E-state index in [1.165, 1.54) is 18.3 Å². The monoisotopic (exact) mass is 313 g/mol. The van der Waals surface area contributed by atoms with Crippen LogP contribution >= 0.6 is 0 Å². The maximum Gasteiger partial charge on any atom is 0.339 e. The minimum absolute atomic E-state index is 0.00366. The summed E-state index contributed by atoms with van der Waals surface area (Å²) in [6.07, 6.45) is 1.29. The molecule has 0 aliphatic heterocycles. The van der Waals surface area contributed by atoms with Crippen molar-refractivity contribution in [3.05, 3.63) is 65.2 Å². The zero-order valence-corrected chi connectivity index (χ0v) is 12.1. The normalized spacial score (nSPS) is 10.4. The number of hydrogen-bond acceptors (Lipinski definition) is 4. The van der Waals surface area contributed by atoms with Gasteiger partial charge in [-0.15, -0.1) is 0 Å². The molecule has 0 unspecified atom stereocenters. The molecule has 2 amide bonds. The smallest absolute Gasteiger partial charge is 0.339 e. The van der Waals surface area contributed by atoms with Crippen LogP contribution in [-0.4, -0.2) is 23.3 Å². The second-order valence-corrected chi connectivity index (χ2v) is 4.57. The van der Waals surface area contributed by atoms with Crippen LogP contribution in [0.2, 0.25) is 0 Å². The molecule has 0 aliphatic rings. The molecule has 0 fully saturated rings. The number of rotatable bonds is 6. The quantitative estimate of drug-likeness (QED) is 0.558. The first-order valence-corrected chi connectivity index (χ1v) is 6.69. The summed E-state index contributed by atoms with van der Waals surface area (Å²) in [5.41, 5.74) is 8.33. The van der Waals surface area contributed by atoms with Gasteiger partial charge in [0, 0.05) is 0 Å². The van der Waals surface area contributed by atoms with Crippen LogP contribution in [0.5, 0.6) is 5.75 Å². The number of primary amides is 1. The number of nitrogens with zero attached hydrogens (tertiary/aromatic N) is 1.